The van der Waals surface area contributed by atoms with Gasteiger partial charge in [-0.25, -0.2) is 0 Å². The van der Waals surface area contributed by atoms with Crippen molar-refractivity contribution in [2.24, 2.45) is 17.8 Å². The van der Waals surface area contributed by atoms with Crippen molar-refractivity contribution < 1.29 is 9.53 Å². The fourth-order valence-corrected chi connectivity index (χ4v) is 3.04. The maximum absolute atomic E-state index is 10.8. The summed E-state index contributed by atoms with van der Waals surface area (Å²) in [6, 6.07) is 0. The number of rotatable bonds is 1. The van der Waals surface area contributed by atoms with E-state index in [1.165, 1.54) is 26.2 Å². The first-order valence-electron chi connectivity index (χ1n) is 5.34. The second-order valence-corrected chi connectivity index (χ2v) is 4.69. The zero-order chi connectivity index (χ0) is 9.42. The number of ether oxygens (including phenoxy) is 1. The summed E-state index contributed by atoms with van der Waals surface area (Å²) in [6.45, 7) is 3.85. The van der Waals surface area contributed by atoms with E-state index in [1.807, 2.05) is 0 Å². The molecule has 0 radical (unpaired) electrons. The number of carbonyl (C=O) groups excluding carboxylic acids is 1. The zero-order valence-electron chi connectivity index (χ0n) is 8.45. The molecule has 3 rings (SSSR count). The Balaban J connectivity index is 1.98. The van der Waals surface area contributed by atoms with E-state index in [9.17, 15) is 4.79 Å². The summed E-state index contributed by atoms with van der Waals surface area (Å²) in [4.78, 5) is 10.8. The van der Waals surface area contributed by atoms with Gasteiger partial charge in [0.1, 0.15) is 6.10 Å². The van der Waals surface area contributed by atoms with Gasteiger partial charge in [-0.3, -0.25) is 4.79 Å². The van der Waals surface area contributed by atoms with Crippen LogP contribution >= 0.6 is 0 Å². The summed E-state index contributed by atoms with van der Waals surface area (Å²) >= 11 is 0. The molecule has 0 amide bonds. The van der Waals surface area contributed by atoms with Gasteiger partial charge in [-0.2, -0.15) is 0 Å². The number of hydrogen-bond donors (Lipinski definition) is 0. The molecule has 0 aromatic rings. The lowest BCUT2D eigenvalue weighted by Crippen LogP contribution is -2.41. The van der Waals surface area contributed by atoms with E-state index in [2.05, 4.69) is 6.92 Å². The fraction of sp³-hybridized carbons (Fsp3) is 0.909. The second kappa shape index (κ2) is 3.32. The lowest BCUT2D eigenvalue weighted by molar-refractivity contribution is -0.156. The van der Waals surface area contributed by atoms with Gasteiger partial charge in [0, 0.05) is 6.92 Å². The number of fused-ring (bicyclic) bond motifs is 3. The van der Waals surface area contributed by atoms with E-state index in [0.717, 1.165) is 18.3 Å². The molecule has 0 heterocycles. The van der Waals surface area contributed by atoms with Gasteiger partial charge < -0.3 is 4.74 Å². The number of carbonyl (C=O) groups is 1. The first kappa shape index (κ1) is 9.04. The molecule has 3 saturated carbocycles. The highest BCUT2D eigenvalue weighted by molar-refractivity contribution is 5.66. The highest BCUT2D eigenvalue weighted by atomic mass is 16.5. The van der Waals surface area contributed by atoms with Crippen LogP contribution in [0.2, 0.25) is 0 Å². The Morgan fingerprint density at radius 2 is 1.92 bits per heavy atom. The molecule has 13 heavy (non-hydrogen) atoms. The van der Waals surface area contributed by atoms with Crippen LogP contribution in [0.4, 0.5) is 0 Å². The molecule has 0 N–H and O–H groups in total. The molecular formula is C11H18O2. The first-order chi connectivity index (χ1) is 6.16. The van der Waals surface area contributed by atoms with E-state index in [1.54, 1.807) is 0 Å². The Hall–Kier alpha value is -0.530. The van der Waals surface area contributed by atoms with Gasteiger partial charge in [-0.05, 0) is 43.4 Å². The summed E-state index contributed by atoms with van der Waals surface area (Å²) in [5.74, 6) is 2.22. The molecule has 0 spiro atoms. The average molecular weight is 182 g/mol. The molecule has 2 bridgehead atoms. The van der Waals surface area contributed by atoms with Crippen LogP contribution < -0.4 is 0 Å². The van der Waals surface area contributed by atoms with Crippen molar-refractivity contribution >= 4 is 5.97 Å². The molecule has 2 nitrogen and oxygen atoms in total. The molecule has 0 aromatic heterocycles. The van der Waals surface area contributed by atoms with Crippen molar-refractivity contribution in [1.82, 2.24) is 0 Å². The predicted octanol–water partition coefficient (Wildman–Crippen LogP) is 2.37. The molecule has 74 valence electrons. The highest BCUT2D eigenvalue weighted by Gasteiger charge is 2.41. The van der Waals surface area contributed by atoms with Crippen molar-refractivity contribution in [1.29, 1.82) is 0 Å². The Kier molecular flexibility index (Phi) is 2.31. The fourth-order valence-electron chi connectivity index (χ4n) is 3.04. The van der Waals surface area contributed by atoms with Crippen LogP contribution in [0.15, 0.2) is 0 Å². The smallest absolute Gasteiger partial charge is 0.302 e. The van der Waals surface area contributed by atoms with E-state index in [-0.39, 0.29) is 12.1 Å². The maximum atomic E-state index is 10.8. The van der Waals surface area contributed by atoms with E-state index in [4.69, 9.17) is 4.74 Å². The third-order valence-corrected chi connectivity index (χ3v) is 3.77. The van der Waals surface area contributed by atoms with Crippen LogP contribution in [0, 0.1) is 17.8 Å². The monoisotopic (exact) mass is 182 g/mol. The van der Waals surface area contributed by atoms with Gasteiger partial charge in [-0.1, -0.05) is 6.92 Å². The van der Waals surface area contributed by atoms with E-state index >= 15 is 0 Å². The Bertz CT molecular complexity index is 212. The molecule has 4 atom stereocenters. The van der Waals surface area contributed by atoms with Crippen LogP contribution in [-0.4, -0.2) is 12.1 Å². The predicted molar refractivity (Wildman–Crippen MR) is 50.2 cm³/mol. The average Bonchev–Trinajstić information content (AvgIpc) is 2.05. The summed E-state index contributed by atoms with van der Waals surface area (Å²) < 4.78 is 5.33. The number of hydrogen-bond acceptors (Lipinski definition) is 2. The van der Waals surface area contributed by atoms with Gasteiger partial charge in [-0.15, -0.1) is 0 Å². The van der Waals surface area contributed by atoms with Crippen molar-refractivity contribution in [3.63, 3.8) is 0 Å². The minimum absolute atomic E-state index is 0.106. The molecule has 3 aliphatic carbocycles. The Labute approximate surface area is 79.7 Å². The highest BCUT2D eigenvalue weighted by Crippen LogP contribution is 2.45. The lowest BCUT2D eigenvalue weighted by atomic mass is 9.64. The number of esters is 1. The van der Waals surface area contributed by atoms with Crippen LogP contribution in [0.3, 0.4) is 0 Å². The molecule has 3 fully saturated rings. The standard InChI is InChI=1S/C11H18O2/c1-7-5-10-4-3-9(7)6-11(10)13-8(2)12/h7,9-11H,3-6H2,1-2H3/t7-,9-,10-,11+/m0/s1. The van der Waals surface area contributed by atoms with Gasteiger partial charge in [0.15, 0.2) is 0 Å². The van der Waals surface area contributed by atoms with Crippen molar-refractivity contribution in [3.8, 4) is 0 Å². The van der Waals surface area contributed by atoms with E-state index in [0.29, 0.717) is 5.92 Å². The molecule has 0 aliphatic heterocycles. The molecule has 0 saturated heterocycles. The van der Waals surface area contributed by atoms with Crippen LogP contribution in [0.1, 0.15) is 39.5 Å². The SMILES string of the molecule is CC(=O)O[C@@H]1C[C@@H]2CC[C@H]1C[C@@H]2C. The molecular weight excluding hydrogens is 164 g/mol. The Morgan fingerprint density at radius 1 is 1.23 bits per heavy atom. The largest absolute Gasteiger partial charge is 0.462 e. The second-order valence-electron chi connectivity index (χ2n) is 4.69. The topological polar surface area (TPSA) is 26.3 Å². The lowest BCUT2D eigenvalue weighted by Gasteiger charge is -2.45. The first-order valence-corrected chi connectivity index (χ1v) is 5.34. The zero-order valence-corrected chi connectivity index (χ0v) is 8.45. The van der Waals surface area contributed by atoms with Crippen LogP contribution in [0.25, 0.3) is 0 Å². The Morgan fingerprint density at radius 3 is 2.38 bits per heavy atom. The summed E-state index contributed by atoms with van der Waals surface area (Å²) in [7, 11) is 0. The third-order valence-electron chi connectivity index (χ3n) is 3.77. The van der Waals surface area contributed by atoms with Gasteiger partial charge in [0.25, 0.3) is 0 Å². The van der Waals surface area contributed by atoms with Crippen LogP contribution in [0.5, 0.6) is 0 Å². The van der Waals surface area contributed by atoms with Crippen molar-refractivity contribution in [2.45, 2.75) is 45.6 Å². The third kappa shape index (κ3) is 1.72. The van der Waals surface area contributed by atoms with E-state index < -0.39 is 0 Å². The minimum atomic E-state index is -0.106. The summed E-state index contributed by atoms with van der Waals surface area (Å²) in [6.07, 6.45) is 5.25. The summed E-state index contributed by atoms with van der Waals surface area (Å²) in [5, 5.41) is 0. The van der Waals surface area contributed by atoms with Gasteiger partial charge in [0.2, 0.25) is 0 Å². The summed E-state index contributed by atoms with van der Waals surface area (Å²) in [5.41, 5.74) is 0. The molecule has 0 unspecified atom stereocenters. The molecule has 2 heteroatoms. The maximum Gasteiger partial charge on any atom is 0.302 e. The normalized spacial score (nSPS) is 43.2. The van der Waals surface area contributed by atoms with Crippen molar-refractivity contribution in [3.05, 3.63) is 0 Å². The molecule has 0 aromatic carbocycles. The van der Waals surface area contributed by atoms with Gasteiger partial charge in [0.05, 0.1) is 0 Å². The van der Waals surface area contributed by atoms with Crippen molar-refractivity contribution in [2.75, 3.05) is 0 Å². The molecule has 3 aliphatic rings. The quantitative estimate of drug-likeness (QED) is 0.582. The van der Waals surface area contributed by atoms with Crippen LogP contribution in [-0.2, 0) is 9.53 Å². The van der Waals surface area contributed by atoms with Gasteiger partial charge >= 0.3 is 5.97 Å². The minimum Gasteiger partial charge on any atom is -0.462 e.